The zero-order valence-electron chi connectivity index (χ0n) is 81.9. The number of nitrogens with zero attached hydrogens (tertiary/aromatic N) is 13. The molecule has 22 nitrogen and oxygen atoms in total. The monoisotopic (exact) mass is 2060 g/mol. The number of likely N-dealkylation sites (tertiary alicyclic amines) is 4. The van der Waals surface area contributed by atoms with Crippen LogP contribution < -0.4 is 0 Å². The number of pyridine rings is 2. The Balaban J connectivity index is 0.000000130. The number of carbonyl (C=O) groups is 4. The molecular weight excluding hydrogens is 1930 g/mol. The molecule has 0 spiro atoms. The average molecular weight is 2060 g/mol. The molecule has 4 unspecified atom stereocenters. The number of nitrogens with one attached hydrogen (secondary N) is 5. The van der Waals surface area contributed by atoms with E-state index in [1.165, 1.54) is 46.7 Å². The van der Waals surface area contributed by atoms with Crippen molar-refractivity contribution < 1.29 is 19.2 Å². The van der Waals surface area contributed by atoms with E-state index in [1.807, 2.05) is 245 Å². The normalized spacial score (nSPS) is 16.1. The number of H-pyrrole nitrogens is 5. The summed E-state index contributed by atoms with van der Waals surface area (Å²) in [6.45, 7) is 12.7. The van der Waals surface area contributed by atoms with E-state index in [0.717, 1.165) is 242 Å². The summed E-state index contributed by atoms with van der Waals surface area (Å²) in [5.74, 6) is 2.82. The van der Waals surface area contributed by atoms with Crippen LogP contribution >= 0.6 is 69.6 Å². The number of imidazole rings is 5. The van der Waals surface area contributed by atoms with Gasteiger partial charge < -0.3 is 49.4 Å². The predicted molar refractivity (Wildman–Crippen MR) is 579 cm³/mol. The van der Waals surface area contributed by atoms with Crippen molar-refractivity contribution in [3.05, 3.63) is 432 Å². The summed E-state index contributed by atoms with van der Waals surface area (Å²) in [7, 11) is 0. The van der Waals surface area contributed by atoms with E-state index < -0.39 is 0 Å². The number of halogens is 6. The molecule has 12 heterocycles. The Kier molecular flexibility index (Phi) is 39.8. The average Bonchev–Trinajstić information content (AvgIpc) is 1.72. The molecule has 4 atom stereocenters. The molecular formula is C117H128Cl6N18O4. The second kappa shape index (κ2) is 54.7. The summed E-state index contributed by atoms with van der Waals surface area (Å²) in [6, 6.07) is 79.1. The molecule has 7 aromatic heterocycles. The largest absolute Gasteiger partial charge is 0.348 e. The van der Waals surface area contributed by atoms with Crippen LogP contribution in [0.4, 0.5) is 0 Å². The van der Waals surface area contributed by atoms with Crippen molar-refractivity contribution in [3.63, 3.8) is 0 Å². The standard InChI is InChI=1S/C25H30ClN5O.C23H23Cl2N3O.C23H25Cl2N3.C23H25ClN4O.C23H25N3O/c26-21-9-7-20(8-10-21)23(24-6-1-3-11-28-24)17-25(32)31-15-13-30(14-16-31)12-4-2-5-22-18-27-19-29-22;24-19-6-2-17(3-7-19)22(18-4-8-20(25)9-5-18)23(29)28-12-11-16(14-28)1-10-21-13-26-15-27-21;24-20-6-2-18(3-7-20)23(19-4-8-21(25)9-5-19)15-28-12-11-17(14-28)1-10-22-13-26-16-27-22;24-19-6-4-18(5-7-19)21(22-3-1-2-10-26-22)14-23(29)28-11-8-17(9-12-28)13-20-15-25-16-27-20;27-23(26-13-11-18(12-14-26)15-21-16-24-17-25-21)22(19-7-3-1-4-8-19)20-9-5-2-6-10-20/h1,3,6-11,18-19,23H,2,4-5,12-17H2,(H,27,29);2-9,13,15-16,22H,1,10-12,14H2,(H,26,27);2-9,13,16-17,23H,1,10-12,14-15H2,(H,26,27);1-7,10,15-17,21H,8-9,11-14H2,(H,25,27);1-10,16-18,22H,11-15H2,(H,24,25). The van der Waals surface area contributed by atoms with Crippen LogP contribution in [0.2, 0.25) is 30.1 Å². The topological polar surface area (TPSA) is 257 Å². The number of aromatic amines is 5. The molecule has 0 radical (unpaired) electrons. The summed E-state index contributed by atoms with van der Waals surface area (Å²) >= 11 is 36.5. The van der Waals surface area contributed by atoms with Crippen LogP contribution in [-0.2, 0) is 51.3 Å². The lowest BCUT2D eigenvalue weighted by Crippen LogP contribution is -2.49. The van der Waals surface area contributed by atoms with Gasteiger partial charge in [-0.25, -0.2) is 24.9 Å². The Bertz CT molecular complexity index is 6160. The fourth-order valence-electron chi connectivity index (χ4n) is 20.5. The molecule has 20 rings (SSSR count). The van der Waals surface area contributed by atoms with E-state index in [-0.39, 0.29) is 47.3 Å². The molecule has 8 aromatic carbocycles. The van der Waals surface area contributed by atoms with Crippen LogP contribution in [0.3, 0.4) is 0 Å². The maximum atomic E-state index is 13.5. The van der Waals surface area contributed by atoms with E-state index in [1.54, 1.807) is 44.0 Å². The zero-order valence-corrected chi connectivity index (χ0v) is 86.4. The quantitative estimate of drug-likeness (QED) is 0.0240. The van der Waals surface area contributed by atoms with E-state index in [4.69, 9.17) is 69.6 Å². The van der Waals surface area contributed by atoms with E-state index in [9.17, 15) is 19.2 Å². The van der Waals surface area contributed by atoms with Crippen LogP contribution in [0.15, 0.2) is 318 Å². The molecule has 0 aliphatic carbocycles. The minimum Gasteiger partial charge on any atom is -0.348 e. The number of piperidine rings is 2. The Labute approximate surface area is 881 Å². The molecule has 5 N–H and O–H groups in total. The fourth-order valence-corrected chi connectivity index (χ4v) is 21.3. The molecule has 5 fully saturated rings. The van der Waals surface area contributed by atoms with Crippen molar-refractivity contribution in [2.45, 2.75) is 139 Å². The van der Waals surface area contributed by atoms with Crippen molar-refractivity contribution in [1.29, 1.82) is 0 Å². The van der Waals surface area contributed by atoms with Crippen molar-refractivity contribution in [1.82, 2.24) is 89.2 Å². The Morgan fingerprint density at radius 2 is 0.621 bits per heavy atom. The number of benzene rings is 8. The summed E-state index contributed by atoms with van der Waals surface area (Å²) in [6.07, 6.45) is 38.7. The third-order valence-corrected chi connectivity index (χ3v) is 30.2. The van der Waals surface area contributed by atoms with Gasteiger partial charge in [0.05, 0.1) is 43.5 Å². The second-order valence-corrected chi connectivity index (χ2v) is 41.2. The molecule has 4 amide bonds. The van der Waals surface area contributed by atoms with Gasteiger partial charge in [-0.1, -0.05) is 215 Å². The van der Waals surface area contributed by atoms with Gasteiger partial charge in [-0.2, -0.15) is 0 Å². The third-order valence-electron chi connectivity index (χ3n) is 28.7. The van der Waals surface area contributed by atoms with Crippen LogP contribution in [0, 0.1) is 23.7 Å². The van der Waals surface area contributed by atoms with Crippen LogP contribution in [0.1, 0.15) is 191 Å². The minimum absolute atomic E-state index is 0.0660. The molecule has 752 valence electrons. The minimum atomic E-state index is -0.351. The lowest BCUT2D eigenvalue weighted by Gasteiger charge is -2.35. The molecule has 5 saturated heterocycles. The van der Waals surface area contributed by atoms with Gasteiger partial charge in [0, 0.05) is 223 Å². The fraction of sp³-hybridized carbons (Fsp3) is 0.342. The summed E-state index contributed by atoms with van der Waals surface area (Å²) in [4.78, 5) is 112. The maximum absolute atomic E-state index is 13.5. The Morgan fingerprint density at radius 1 is 0.297 bits per heavy atom. The highest BCUT2D eigenvalue weighted by molar-refractivity contribution is 6.32. The highest BCUT2D eigenvalue weighted by atomic mass is 35.5. The van der Waals surface area contributed by atoms with Crippen molar-refractivity contribution in [2.75, 3.05) is 91.6 Å². The molecule has 15 aromatic rings. The van der Waals surface area contributed by atoms with Gasteiger partial charge in [-0.15, -0.1) is 0 Å². The predicted octanol–water partition coefficient (Wildman–Crippen LogP) is 23.8. The number of unbranched alkanes of at least 4 members (excludes halogenated alkanes) is 1. The highest BCUT2D eigenvalue weighted by Gasteiger charge is 2.36. The summed E-state index contributed by atoms with van der Waals surface area (Å²) in [5, 5.41) is 4.27. The first kappa shape index (κ1) is 105. The molecule has 0 bridgehead atoms. The Hall–Kier alpha value is -12.4. The molecule has 5 aliphatic rings. The van der Waals surface area contributed by atoms with Gasteiger partial charge in [0.1, 0.15) is 0 Å². The first-order chi connectivity index (χ1) is 71.0. The third kappa shape index (κ3) is 31.8. The molecule has 28 heteroatoms. The lowest BCUT2D eigenvalue weighted by molar-refractivity contribution is -0.134. The smallest absolute Gasteiger partial charge is 0.234 e. The van der Waals surface area contributed by atoms with Gasteiger partial charge in [-0.05, 0) is 275 Å². The van der Waals surface area contributed by atoms with Gasteiger partial charge in [-0.3, -0.25) is 34.0 Å². The number of hydrogen-bond acceptors (Lipinski definition) is 13. The second-order valence-electron chi connectivity index (χ2n) is 38.6. The Morgan fingerprint density at radius 3 is 1.01 bits per heavy atom. The maximum Gasteiger partial charge on any atom is 0.234 e. The van der Waals surface area contributed by atoms with Crippen LogP contribution in [0.5, 0.6) is 0 Å². The van der Waals surface area contributed by atoms with Crippen molar-refractivity contribution in [2.24, 2.45) is 23.7 Å². The van der Waals surface area contributed by atoms with Crippen molar-refractivity contribution in [3.8, 4) is 0 Å². The van der Waals surface area contributed by atoms with E-state index in [0.29, 0.717) is 56.6 Å². The van der Waals surface area contributed by atoms with E-state index in [2.05, 4.69) is 118 Å². The number of aryl methyl sites for hydroxylation is 3. The number of piperazine rings is 1. The highest BCUT2D eigenvalue weighted by Crippen LogP contribution is 2.38. The van der Waals surface area contributed by atoms with E-state index >= 15 is 0 Å². The summed E-state index contributed by atoms with van der Waals surface area (Å²) in [5.41, 5.74) is 16.5. The zero-order chi connectivity index (χ0) is 100. The first-order valence-corrected chi connectivity index (χ1v) is 53.1. The van der Waals surface area contributed by atoms with Gasteiger partial charge >= 0.3 is 0 Å². The number of carbonyl (C=O) groups excluding carboxylic acids is 4. The van der Waals surface area contributed by atoms with Crippen LogP contribution in [-0.4, -0.2) is 204 Å². The number of hydrogen-bond donors (Lipinski definition) is 5. The molecule has 145 heavy (non-hydrogen) atoms. The molecule has 0 saturated carbocycles. The summed E-state index contributed by atoms with van der Waals surface area (Å²) < 4.78 is 0. The number of aromatic nitrogens is 12. The van der Waals surface area contributed by atoms with Crippen LogP contribution in [0.25, 0.3) is 0 Å². The number of amides is 4. The van der Waals surface area contributed by atoms with Gasteiger partial charge in [0.25, 0.3) is 0 Å². The first-order valence-electron chi connectivity index (χ1n) is 50.8. The van der Waals surface area contributed by atoms with Crippen molar-refractivity contribution >= 4 is 93.2 Å². The SMILES string of the molecule is Clc1ccc(C(CN2CCC(CCc3cnc[nH]3)C2)c2ccc(Cl)cc2)cc1.O=C(C(c1ccc(Cl)cc1)c1ccc(Cl)cc1)N1CCC(CCc2cnc[nH]2)C1.O=C(C(c1ccccc1)c1ccccc1)N1CCC(Cc2cnc[nH]2)CC1.O=C(CC(c1ccc(Cl)cc1)c1ccccn1)N1CCC(Cc2cnc[nH]2)CC1.O=C(CC(c1ccc(Cl)cc1)c1ccccn1)N1CCN(CCCCc2cnc[nH]2)CC1. The lowest BCUT2D eigenvalue weighted by atomic mass is 9.87. The van der Waals surface area contributed by atoms with Gasteiger partial charge in [0.2, 0.25) is 23.6 Å². The number of rotatable bonds is 33. The molecule has 5 aliphatic heterocycles. The van der Waals surface area contributed by atoms with Gasteiger partial charge in [0.15, 0.2) is 0 Å².